The number of carboxylic acid groups (broad SMARTS) is 1. The summed E-state index contributed by atoms with van der Waals surface area (Å²) >= 11 is 0. The summed E-state index contributed by atoms with van der Waals surface area (Å²) in [6.45, 7) is 3.96. The predicted octanol–water partition coefficient (Wildman–Crippen LogP) is 0.958. The minimum absolute atomic E-state index is 0.210. The lowest BCUT2D eigenvalue weighted by Crippen LogP contribution is -2.42. The van der Waals surface area contributed by atoms with E-state index in [0.29, 0.717) is 12.1 Å². The first-order valence-electron chi connectivity index (χ1n) is 6.02. The Kier molecular flexibility index (Phi) is 5.35. The summed E-state index contributed by atoms with van der Waals surface area (Å²) in [5.74, 6) is -1.01. The van der Waals surface area contributed by atoms with E-state index < -0.39 is 12.0 Å². The maximum atomic E-state index is 11.7. The first kappa shape index (κ1) is 14.2. The SMILES string of the molecule is CCC(C)CC(=O)NC(Cc1cnc[nH]1)C(=O)O. The van der Waals surface area contributed by atoms with E-state index in [2.05, 4.69) is 15.3 Å². The van der Waals surface area contributed by atoms with Crippen LogP contribution in [0.5, 0.6) is 0 Å². The van der Waals surface area contributed by atoms with E-state index in [9.17, 15) is 9.59 Å². The zero-order chi connectivity index (χ0) is 13.5. The van der Waals surface area contributed by atoms with Crippen LogP contribution in [-0.4, -0.2) is 33.0 Å². The van der Waals surface area contributed by atoms with E-state index in [1.165, 1.54) is 6.33 Å². The first-order valence-corrected chi connectivity index (χ1v) is 6.02. The molecule has 0 aliphatic heterocycles. The standard InChI is InChI=1S/C12H19N3O3/c1-3-8(2)4-11(16)15-10(12(17)18)5-9-6-13-7-14-9/h6-8,10H,3-5H2,1-2H3,(H,13,14)(H,15,16)(H,17,18). The van der Waals surface area contributed by atoms with Gasteiger partial charge in [0.05, 0.1) is 6.33 Å². The van der Waals surface area contributed by atoms with Gasteiger partial charge in [-0.1, -0.05) is 20.3 Å². The molecule has 0 aliphatic carbocycles. The molecule has 1 rings (SSSR count). The molecule has 3 N–H and O–H groups in total. The molecule has 2 unspecified atom stereocenters. The predicted molar refractivity (Wildman–Crippen MR) is 65.9 cm³/mol. The minimum atomic E-state index is -1.04. The number of hydrogen-bond donors (Lipinski definition) is 3. The van der Waals surface area contributed by atoms with Crippen LogP contribution in [0.15, 0.2) is 12.5 Å². The molecule has 1 aromatic rings. The maximum absolute atomic E-state index is 11.7. The number of nitrogens with one attached hydrogen (secondary N) is 2. The smallest absolute Gasteiger partial charge is 0.326 e. The molecule has 0 saturated heterocycles. The third kappa shape index (κ3) is 4.57. The van der Waals surface area contributed by atoms with Crippen LogP contribution >= 0.6 is 0 Å². The van der Waals surface area contributed by atoms with Crippen molar-refractivity contribution in [2.45, 2.75) is 39.2 Å². The summed E-state index contributed by atoms with van der Waals surface area (Å²) in [7, 11) is 0. The van der Waals surface area contributed by atoms with Crippen molar-refractivity contribution in [2.75, 3.05) is 0 Å². The second-order valence-electron chi connectivity index (χ2n) is 4.46. The van der Waals surface area contributed by atoms with Crippen molar-refractivity contribution in [1.82, 2.24) is 15.3 Å². The highest BCUT2D eigenvalue weighted by atomic mass is 16.4. The van der Waals surface area contributed by atoms with Crippen LogP contribution < -0.4 is 5.32 Å². The largest absolute Gasteiger partial charge is 0.480 e. The summed E-state index contributed by atoms with van der Waals surface area (Å²) < 4.78 is 0. The third-order valence-electron chi connectivity index (χ3n) is 2.84. The van der Waals surface area contributed by atoms with Crippen LogP contribution in [0, 0.1) is 5.92 Å². The molecular weight excluding hydrogens is 234 g/mol. The molecule has 1 heterocycles. The van der Waals surface area contributed by atoms with Gasteiger partial charge in [0.2, 0.25) is 5.91 Å². The Balaban J connectivity index is 2.53. The first-order chi connectivity index (χ1) is 8.52. The lowest BCUT2D eigenvalue weighted by molar-refractivity contribution is -0.141. The summed E-state index contributed by atoms with van der Waals surface area (Å²) in [6.07, 6.45) is 4.49. The van der Waals surface area contributed by atoms with Gasteiger partial charge >= 0.3 is 5.97 Å². The fourth-order valence-corrected chi connectivity index (χ4v) is 1.53. The highest BCUT2D eigenvalue weighted by Crippen LogP contribution is 2.07. The number of carbonyl (C=O) groups is 2. The quantitative estimate of drug-likeness (QED) is 0.674. The van der Waals surface area contributed by atoms with Gasteiger partial charge in [-0.2, -0.15) is 0 Å². The molecule has 6 heteroatoms. The molecule has 0 radical (unpaired) electrons. The van der Waals surface area contributed by atoms with E-state index in [4.69, 9.17) is 5.11 Å². The number of H-pyrrole nitrogens is 1. The van der Waals surface area contributed by atoms with E-state index in [1.807, 2.05) is 13.8 Å². The van der Waals surface area contributed by atoms with Crippen molar-refractivity contribution in [2.24, 2.45) is 5.92 Å². The van der Waals surface area contributed by atoms with Gasteiger partial charge in [-0.05, 0) is 5.92 Å². The van der Waals surface area contributed by atoms with E-state index >= 15 is 0 Å². The number of rotatable bonds is 7. The highest BCUT2D eigenvalue weighted by molar-refractivity contribution is 5.83. The number of aliphatic carboxylic acids is 1. The monoisotopic (exact) mass is 253 g/mol. The Bertz CT molecular complexity index is 389. The third-order valence-corrected chi connectivity index (χ3v) is 2.84. The van der Waals surface area contributed by atoms with Gasteiger partial charge in [0.15, 0.2) is 0 Å². The number of hydrogen-bond acceptors (Lipinski definition) is 3. The van der Waals surface area contributed by atoms with Gasteiger partial charge in [0.1, 0.15) is 6.04 Å². The molecule has 0 fully saturated rings. The lowest BCUT2D eigenvalue weighted by Gasteiger charge is -2.15. The molecule has 100 valence electrons. The van der Waals surface area contributed by atoms with Crippen molar-refractivity contribution in [3.05, 3.63) is 18.2 Å². The second kappa shape index (κ2) is 6.78. The van der Waals surface area contributed by atoms with Crippen molar-refractivity contribution in [3.8, 4) is 0 Å². The Morgan fingerprint density at radius 1 is 1.56 bits per heavy atom. The van der Waals surface area contributed by atoms with Gasteiger partial charge in [0, 0.05) is 24.7 Å². The summed E-state index contributed by atoms with van der Waals surface area (Å²) in [5, 5.41) is 11.6. The molecule has 0 spiro atoms. The van der Waals surface area contributed by atoms with Gasteiger partial charge in [-0.15, -0.1) is 0 Å². The Hall–Kier alpha value is -1.85. The maximum Gasteiger partial charge on any atom is 0.326 e. The van der Waals surface area contributed by atoms with Crippen LogP contribution in [0.1, 0.15) is 32.4 Å². The van der Waals surface area contributed by atoms with Gasteiger partial charge < -0.3 is 15.4 Å². The van der Waals surface area contributed by atoms with E-state index in [0.717, 1.165) is 6.42 Å². The Morgan fingerprint density at radius 2 is 2.28 bits per heavy atom. The van der Waals surface area contributed by atoms with Gasteiger partial charge in [-0.3, -0.25) is 4.79 Å². The van der Waals surface area contributed by atoms with Crippen LogP contribution in [0.2, 0.25) is 0 Å². The van der Waals surface area contributed by atoms with E-state index in [1.54, 1.807) is 6.20 Å². The van der Waals surface area contributed by atoms with Crippen LogP contribution in [0.25, 0.3) is 0 Å². The number of imidazole rings is 1. The van der Waals surface area contributed by atoms with Gasteiger partial charge in [-0.25, -0.2) is 9.78 Å². The zero-order valence-electron chi connectivity index (χ0n) is 10.6. The van der Waals surface area contributed by atoms with Gasteiger partial charge in [0.25, 0.3) is 0 Å². The number of aromatic amines is 1. The number of aromatic nitrogens is 2. The lowest BCUT2D eigenvalue weighted by atomic mass is 10.0. The topological polar surface area (TPSA) is 95.1 Å². The molecule has 18 heavy (non-hydrogen) atoms. The van der Waals surface area contributed by atoms with Crippen molar-refractivity contribution >= 4 is 11.9 Å². The molecule has 1 aromatic heterocycles. The summed E-state index contributed by atoms with van der Waals surface area (Å²) in [5.41, 5.74) is 0.686. The van der Waals surface area contributed by atoms with E-state index in [-0.39, 0.29) is 18.2 Å². The summed E-state index contributed by atoms with van der Waals surface area (Å²) in [4.78, 5) is 29.4. The average molecular weight is 253 g/mol. The number of amides is 1. The second-order valence-corrected chi connectivity index (χ2v) is 4.46. The minimum Gasteiger partial charge on any atom is -0.480 e. The number of nitrogens with zero attached hydrogens (tertiary/aromatic N) is 1. The van der Waals surface area contributed by atoms with Crippen molar-refractivity contribution in [3.63, 3.8) is 0 Å². The highest BCUT2D eigenvalue weighted by Gasteiger charge is 2.21. The molecule has 0 bridgehead atoms. The Morgan fingerprint density at radius 3 is 2.78 bits per heavy atom. The molecule has 0 saturated carbocycles. The number of carboxylic acids is 1. The fraction of sp³-hybridized carbons (Fsp3) is 0.583. The number of carbonyl (C=O) groups excluding carboxylic acids is 1. The zero-order valence-corrected chi connectivity index (χ0v) is 10.6. The molecule has 0 aromatic carbocycles. The summed E-state index contributed by atoms with van der Waals surface area (Å²) in [6, 6.07) is -0.915. The van der Waals surface area contributed by atoms with Crippen LogP contribution in [0.4, 0.5) is 0 Å². The molecule has 6 nitrogen and oxygen atoms in total. The van der Waals surface area contributed by atoms with Crippen molar-refractivity contribution < 1.29 is 14.7 Å². The molecular formula is C12H19N3O3. The molecule has 0 aliphatic rings. The average Bonchev–Trinajstić information content (AvgIpc) is 2.80. The molecule has 2 atom stereocenters. The van der Waals surface area contributed by atoms with Crippen LogP contribution in [-0.2, 0) is 16.0 Å². The Labute approximate surface area is 106 Å². The fourth-order valence-electron chi connectivity index (χ4n) is 1.53. The normalized spacial score (nSPS) is 13.9. The van der Waals surface area contributed by atoms with Crippen molar-refractivity contribution in [1.29, 1.82) is 0 Å². The molecule has 1 amide bonds. The van der Waals surface area contributed by atoms with Crippen LogP contribution in [0.3, 0.4) is 0 Å².